The zero-order chi connectivity index (χ0) is 24.3. The van der Waals surface area contributed by atoms with Gasteiger partial charge in [0.2, 0.25) is 0 Å². The highest BCUT2D eigenvalue weighted by Gasteiger charge is 2.34. The van der Waals surface area contributed by atoms with E-state index in [1.54, 1.807) is 0 Å². The summed E-state index contributed by atoms with van der Waals surface area (Å²) in [6.45, 7) is 4.72. The van der Waals surface area contributed by atoms with Crippen LogP contribution in [-0.4, -0.2) is 0 Å². The molecular weight excluding hydrogens is 434 g/mol. The highest BCUT2D eigenvalue weighted by Crippen LogP contribution is 2.49. The van der Waals surface area contributed by atoms with E-state index >= 15 is 0 Å². The van der Waals surface area contributed by atoms with Crippen LogP contribution in [0.4, 0.5) is 11.4 Å². The summed E-state index contributed by atoms with van der Waals surface area (Å²) in [4.78, 5) is 0. The molecule has 1 nitrogen and oxygen atoms in total. The molecule has 1 N–H and O–H groups in total. The van der Waals surface area contributed by atoms with E-state index in [1.165, 1.54) is 54.9 Å². The third kappa shape index (κ3) is 3.24. The Morgan fingerprint density at radius 2 is 1.03 bits per heavy atom. The van der Waals surface area contributed by atoms with Crippen LogP contribution in [0.1, 0.15) is 25.0 Å². The van der Waals surface area contributed by atoms with Gasteiger partial charge < -0.3 is 5.32 Å². The lowest BCUT2D eigenvalue weighted by molar-refractivity contribution is 0.663. The molecule has 0 unspecified atom stereocenters. The van der Waals surface area contributed by atoms with Gasteiger partial charge in [0.15, 0.2) is 0 Å². The molecule has 0 fully saturated rings. The number of benzene rings is 6. The Morgan fingerprint density at radius 3 is 1.72 bits per heavy atom. The summed E-state index contributed by atoms with van der Waals surface area (Å²) < 4.78 is 0. The number of hydrogen-bond acceptors (Lipinski definition) is 1. The topological polar surface area (TPSA) is 12.0 Å². The smallest absolute Gasteiger partial charge is 0.0384 e. The van der Waals surface area contributed by atoms with Crippen molar-refractivity contribution < 1.29 is 0 Å². The Kier molecular flexibility index (Phi) is 4.56. The third-order valence-corrected chi connectivity index (χ3v) is 7.80. The van der Waals surface area contributed by atoms with Crippen molar-refractivity contribution in [1.29, 1.82) is 0 Å². The van der Waals surface area contributed by atoms with Crippen LogP contribution in [-0.2, 0) is 5.41 Å². The fraction of sp³-hybridized carbons (Fsp3) is 0.0857. The predicted molar refractivity (Wildman–Crippen MR) is 154 cm³/mol. The average molecular weight is 462 g/mol. The van der Waals surface area contributed by atoms with E-state index in [0.29, 0.717) is 0 Å². The van der Waals surface area contributed by atoms with Crippen LogP contribution in [0.5, 0.6) is 0 Å². The summed E-state index contributed by atoms with van der Waals surface area (Å²) in [6.07, 6.45) is 0. The van der Waals surface area contributed by atoms with Crippen LogP contribution >= 0.6 is 0 Å². The van der Waals surface area contributed by atoms with Gasteiger partial charge in [-0.2, -0.15) is 0 Å². The molecule has 0 saturated carbocycles. The highest BCUT2D eigenvalue weighted by molar-refractivity contribution is 6.15. The van der Waals surface area contributed by atoms with Gasteiger partial charge in [-0.15, -0.1) is 0 Å². The molecule has 0 aliphatic heterocycles. The van der Waals surface area contributed by atoms with Gasteiger partial charge in [0.1, 0.15) is 0 Å². The third-order valence-electron chi connectivity index (χ3n) is 7.80. The van der Waals surface area contributed by atoms with Crippen molar-refractivity contribution in [3.05, 3.63) is 132 Å². The quantitative estimate of drug-likeness (QED) is 0.258. The van der Waals surface area contributed by atoms with Crippen molar-refractivity contribution in [3.8, 4) is 22.3 Å². The summed E-state index contributed by atoms with van der Waals surface area (Å²) in [6, 6.07) is 43.9. The second-order valence-electron chi connectivity index (χ2n) is 10.4. The molecule has 0 saturated heterocycles. The van der Waals surface area contributed by atoms with E-state index in [4.69, 9.17) is 0 Å². The molecule has 0 spiro atoms. The van der Waals surface area contributed by atoms with Crippen LogP contribution in [0.2, 0.25) is 0 Å². The van der Waals surface area contributed by atoms with Crippen molar-refractivity contribution in [2.24, 2.45) is 0 Å². The van der Waals surface area contributed by atoms with Gasteiger partial charge in [0.05, 0.1) is 0 Å². The first kappa shape index (κ1) is 21.0. The number of anilines is 2. The molecule has 6 aromatic carbocycles. The van der Waals surface area contributed by atoms with Crippen molar-refractivity contribution in [3.63, 3.8) is 0 Å². The zero-order valence-electron chi connectivity index (χ0n) is 20.5. The highest BCUT2D eigenvalue weighted by atomic mass is 14.9. The van der Waals surface area contributed by atoms with E-state index in [9.17, 15) is 0 Å². The molecule has 6 aromatic rings. The summed E-state index contributed by atoms with van der Waals surface area (Å²) in [5, 5.41) is 9.07. The molecule has 0 radical (unpaired) electrons. The van der Waals surface area contributed by atoms with E-state index in [-0.39, 0.29) is 5.41 Å². The molecule has 172 valence electrons. The monoisotopic (exact) mass is 461 g/mol. The molecule has 1 aliphatic rings. The van der Waals surface area contributed by atoms with Gasteiger partial charge in [-0.05, 0) is 91.3 Å². The van der Waals surface area contributed by atoms with Gasteiger partial charge in [0.25, 0.3) is 0 Å². The number of nitrogens with one attached hydrogen (secondary N) is 1. The fourth-order valence-corrected chi connectivity index (χ4v) is 5.86. The van der Waals surface area contributed by atoms with E-state index in [0.717, 1.165) is 11.4 Å². The SMILES string of the molecule is CC1(C)c2cccc3ccc4cc(-c5ccc(Nc6ccc(-c7ccccc7)cc6)cc5)cc1c4c23. The number of hydrogen-bond donors (Lipinski definition) is 1. The Balaban J connectivity index is 1.19. The van der Waals surface area contributed by atoms with Crippen LogP contribution in [0.25, 0.3) is 43.8 Å². The average Bonchev–Trinajstić information content (AvgIpc) is 3.16. The Bertz CT molecular complexity index is 1740. The molecule has 0 atom stereocenters. The summed E-state index contributed by atoms with van der Waals surface area (Å²) in [5.74, 6) is 0. The van der Waals surface area contributed by atoms with Crippen LogP contribution in [0, 0.1) is 0 Å². The molecule has 1 heteroatoms. The maximum atomic E-state index is 3.55. The van der Waals surface area contributed by atoms with Crippen molar-refractivity contribution in [2.75, 3.05) is 5.32 Å². The molecule has 0 aromatic heterocycles. The molecule has 0 amide bonds. The Hall–Kier alpha value is -4.36. The lowest BCUT2D eigenvalue weighted by Crippen LogP contribution is -2.15. The summed E-state index contributed by atoms with van der Waals surface area (Å²) >= 11 is 0. The summed E-state index contributed by atoms with van der Waals surface area (Å²) in [7, 11) is 0. The Labute approximate surface area is 212 Å². The van der Waals surface area contributed by atoms with Crippen LogP contribution in [0.3, 0.4) is 0 Å². The second kappa shape index (κ2) is 7.83. The first-order chi connectivity index (χ1) is 17.6. The largest absolute Gasteiger partial charge is 0.356 e. The minimum absolute atomic E-state index is 0.00483. The molecule has 7 rings (SSSR count). The van der Waals surface area contributed by atoms with Gasteiger partial charge in [-0.1, -0.05) is 98.8 Å². The lowest BCUT2D eigenvalue weighted by Gasteiger charge is -2.22. The second-order valence-corrected chi connectivity index (χ2v) is 10.4. The first-order valence-corrected chi connectivity index (χ1v) is 12.6. The van der Waals surface area contributed by atoms with E-state index in [1.807, 2.05) is 6.07 Å². The van der Waals surface area contributed by atoms with Crippen molar-refractivity contribution in [1.82, 2.24) is 0 Å². The molecule has 36 heavy (non-hydrogen) atoms. The zero-order valence-corrected chi connectivity index (χ0v) is 20.5. The van der Waals surface area contributed by atoms with Gasteiger partial charge in [0, 0.05) is 16.8 Å². The van der Waals surface area contributed by atoms with E-state index < -0.39 is 0 Å². The lowest BCUT2D eigenvalue weighted by atomic mass is 9.81. The molecular formula is C35H27N. The minimum Gasteiger partial charge on any atom is -0.356 e. The molecule has 0 bridgehead atoms. The standard InChI is InChI=1S/C35H27N/c1-35(2)31-10-6-9-26-11-12-27-21-28(22-32(35)34(27)33(26)31)25-15-19-30(20-16-25)36-29-17-13-24(14-18-29)23-7-4-3-5-8-23/h3-22,36H,1-2H3. The maximum absolute atomic E-state index is 3.55. The van der Waals surface area contributed by atoms with Gasteiger partial charge >= 0.3 is 0 Å². The van der Waals surface area contributed by atoms with Crippen molar-refractivity contribution >= 4 is 32.9 Å². The number of rotatable bonds is 4. The maximum Gasteiger partial charge on any atom is 0.0384 e. The Morgan fingerprint density at radius 1 is 0.444 bits per heavy atom. The van der Waals surface area contributed by atoms with Crippen LogP contribution in [0.15, 0.2) is 121 Å². The summed E-state index contributed by atoms with van der Waals surface area (Å²) in [5.41, 5.74) is 10.0. The normalized spacial score (nSPS) is 13.5. The van der Waals surface area contributed by atoms with Gasteiger partial charge in [-0.3, -0.25) is 0 Å². The predicted octanol–water partition coefficient (Wildman–Crippen LogP) is 9.71. The van der Waals surface area contributed by atoms with Crippen LogP contribution < -0.4 is 5.32 Å². The minimum atomic E-state index is 0.00483. The van der Waals surface area contributed by atoms with Crippen molar-refractivity contribution in [2.45, 2.75) is 19.3 Å². The van der Waals surface area contributed by atoms with Gasteiger partial charge in [-0.25, -0.2) is 0 Å². The molecule has 1 aliphatic carbocycles. The first-order valence-electron chi connectivity index (χ1n) is 12.6. The molecule has 0 heterocycles. The fourth-order valence-electron chi connectivity index (χ4n) is 5.86. The van der Waals surface area contributed by atoms with E-state index in [2.05, 4.69) is 134 Å².